The van der Waals surface area contributed by atoms with Crippen molar-refractivity contribution in [1.82, 2.24) is 4.90 Å². The van der Waals surface area contributed by atoms with E-state index in [1.165, 1.54) is 6.42 Å². The molecule has 1 heterocycles. The summed E-state index contributed by atoms with van der Waals surface area (Å²) >= 11 is 0. The third-order valence-corrected chi connectivity index (χ3v) is 7.62. The van der Waals surface area contributed by atoms with Crippen LogP contribution in [0.1, 0.15) is 73.7 Å². The van der Waals surface area contributed by atoms with E-state index in [1.54, 1.807) is 18.2 Å². The van der Waals surface area contributed by atoms with E-state index in [-0.39, 0.29) is 30.7 Å². The van der Waals surface area contributed by atoms with Crippen LogP contribution in [-0.2, 0) is 11.3 Å². The second kappa shape index (κ2) is 10.7. The van der Waals surface area contributed by atoms with Gasteiger partial charge in [-0.25, -0.2) is 0 Å². The van der Waals surface area contributed by atoms with E-state index in [0.717, 1.165) is 56.9 Å². The summed E-state index contributed by atoms with van der Waals surface area (Å²) in [5.41, 5.74) is 8.44. The first-order valence-corrected chi connectivity index (χ1v) is 12.9. The molecule has 0 unspecified atom stereocenters. The van der Waals surface area contributed by atoms with Crippen molar-refractivity contribution in [2.75, 3.05) is 12.1 Å². The van der Waals surface area contributed by atoms with Gasteiger partial charge >= 0.3 is 0 Å². The lowest BCUT2D eigenvalue weighted by Gasteiger charge is -2.39. The van der Waals surface area contributed by atoms with Crippen molar-refractivity contribution < 1.29 is 19.1 Å². The van der Waals surface area contributed by atoms with Crippen molar-refractivity contribution in [3.63, 3.8) is 0 Å². The largest absolute Gasteiger partial charge is 0.454 e. The highest BCUT2D eigenvalue weighted by molar-refractivity contribution is 6.04. The first kappa shape index (κ1) is 23.7. The van der Waals surface area contributed by atoms with E-state index in [9.17, 15) is 9.59 Å². The van der Waals surface area contributed by atoms with Crippen LogP contribution in [0.5, 0.6) is 11.5 Å². The number of carbonyl (C=O) groups excluding carboxylic acids is 2. The smallest absolute Gasteiger partial charge is 0.255 e. The molecule has 0 bridgehead atoms. The lowest BCUT2D eigenvalue weighted by atomic mass is 9.85. The van der Waals surface area contributed by atoms with Gasteiger partial charge in [0.15, 0.2) is 11.5 Å². The molecule has 5 rings (SSSR count). The van der Waals surface area contributed by atoms with Crippen LogP contribution < -0.4 is 20.5 Å². The number of carbonyl (C=O) groups is 2. The van der Waals surface area contributed by atoms with Crippen molar-refractivity contribution >= 4 is 17.5 Å². The normalized spacial score (nSPS) is 22.0. The predicted molar refractivity (Wildman–Crippen MR) is 134 cm³/mol. The minimum atomic E-state index is -0.205. The lowest BCUT2D eigenvalue weighted by molar-refractivity contribution is -0.140. The van der Waals surface area contributed by atoms with Crippen LogP contribution in [0.15, 0.2) is 42.5 Å². The van der Waals surface area contributed by atoms with Crippen molar-refractivity contribution in [3.05, 3.63) is 53.6 Å². The quantitative estimate of drug-likeness (QED) is 0.621. The molecule has 186 valence electrons. The standard InChI is InChI=1S/C28H35N3O4/c29-22-9-13-24(14-10-22)31(28(33)20-4-2-1-3-5-20)17-19-6-11-23(12-7-19)30-27(32)21-8-15-25-26(16-21)35-18-34-25/h6-8,11-12,15-16,20,22,24H,1-5,9-10,13-14,17-18,29H2,(H,30,32). The molecule has 0 saturated heterocycles. The Bertz CT molecular complexity index is 1040. The zero-order valence-electron chi connectivity index (χ0n) is 20.2. The van der Waals surface area contributed by atoms with Crippen molar-refractivity contribution in [2.45, 2.75) is 76.4 Å². The Kier molecular flexibility index (Phi) is 7.23. The summed E-state index contributed by atoms with van der Waals surface area (Å²) in [6, 6.07) is 13.5. The maximum Gasteiger partial charge on any atom is 0.255 e. The van der Waals surface area contributed by atoms with Gasteiger partial charge in [-0.3, -0.25) is 9.59 Å². The average molecular weight is 478 g/mol. The van der Waals surface area contributed by atoms with Gasteiger partial charge in [0.1, 0.15) is 0 Å². The van der Waals surface area contributed by atoms with Gasteiger partial charge in [-0.2, -0.15) is 0 Å². The van der Waals surface area contributed by atoms with Gasteiger partial charge in [0.05, 0.1) is 0 Å². The van der Waals surface area contributed by atoms with Crippen LogP contribution in [0.25, 0.3) is 0 Å². The van der Waals surface area contributed by atoms with E-state index in [0.29, 0.717) is 35.2 Å². The first-order chi connectivity index (χ1) is 17.1. The fraction of sp³-hybridized carbons (Fsp3) is 0.500. The van der Waals surface area contributed by atoms with Gasteiger partial charge in [-0.1, -0.05) is 31.4 Å². The highest BCUT2D eigenvalue weighted by Gasteiger charge is 2.32. The fourth-order valence-corrected chi connectivity index (χ4v) is 5.52. The Morgan fingerprint density at radius 1 is 0.886 bits per heavy atom. The molecule has 2 amide bonds. The molecule has 0 radical (unpaired) electrons. The van der Waals surface area contributed by atoms with Crippen LogP contribution in [0.2, 0.25) is 0 Å². The van der Waals surface area contributed by atoms with Gasteiger partial charge in [-0.15, -0.1) is 0 Å². The second-order valence-electron chi connectivity index (χ2n) is 10.1. The van der Waals surface area contributed by atoms with E-state index in [1.807, 2.05) is 24.3 Å². The predicted octanol–water partition coefficient (Wildman–Crippen LogP) is 4.85. The summed E-state index contributed by atoms with van der Waals surface area (Å²) < 4.78 is 10.7. The molecule has 35 heavy (non-hydrogen) atoms. The third-order valence-electron chi connectivity index (χ3n) is 7.62. The Morgan fingerprint density at radius 2 is 1.60 bits per heavy atom. The summed E-state index contributed by atoms with van der Waals surface area (Å²) in [5.74, 6) is 1.49. The minimum absolute atomic E-state index is 0.152. The number of fused-ring (bicyclic) bond motifs is 1. The number of nitrogens with zero attached hydrogens (tertiary/aromatic N) is 1. The molecule has 2 aliphatic carbocycles. The number of nitrogens with one attached hydrogen (secondary N) is 1. The van der Waals surface area contributed by atoms with Gasteiger partial charge < -0.3 is 25.4 Å². The Balaban J connectivity index is 1.25. The monoisotopic (exact) mass is 477 g/mol. The third kappa shape index (κ3) is 5.61. The average Bonchev–Trinajstić information content (AvgIpc) is 3.37. The summed E-state index contributed by atoms with van der Waals surface area (Å²) in [5, 5.41) is 2.94. The van der Waals surface area contributed by atoms with E-state index >= 15 is 0 Å². The number of amides is 2. The van der Waals surface area contributed by atoms with Gasteiger partial charge in [0.2, 0.25) is 12.7 Å². The number of nitrogens with two attached hydrogens (primary N) is 1. The maximum atomic E-state index is 13.6. The maximum absolute atomic E-state index is 13.6. The molecule has 0 atom stereocenters. The molecule has 2 saturated carbocycles. The molecule has 3 N–H and O–H groups in total. The SMILES string of the molecule is NC1CCC(N(Cc2ccc(NC(=O)c3ccc4c(c3)OCO4)cc2)C(=O)C2CCCCC2)CC1. The Hall–Kier alpha value is -3.06. The molecule has 0 spiro atoms. The highest BCUT2D eigenvalue weighted by atomic mass is 16.7. The molecule has 1 aliphatic heterocycles. The topological polar surface area (TPSA) is 93.9 Å². The molecule has 7 heteroatoms. The first-order valence-electron chi connectivity index (χ1n) is 12.9. The molecule has 2 fully saturated rings. The number of hydrogen-bond acceptors (Lipinski definition) is 5. The number of anilines is 1. The number of ether oxygens (including phenoxy) is 2. The van der Waals surface area contributed by atoms with Gasteiger partial charge in [0.25, 0.3) is 5.91 Å². The van der Waals surface area contributed by atoms with Crippen LogP contribution in [0, 0.1) is 5.92 Å². The van der Waals surface area contributed by atoms with E-state index in [2.05, 4.69) is 10.2 Å². The number of rotatable bonds is 6. The molecular weight excluding hydrogens is 442 g/mol. The van der Waals surface area contributed by atoms with E-state index < -0.39 is 0 Å². The molecule has 7 nitrogen and oxygen atoms in total. The van der Waals surface area contributed by atoms with Crippen LogP contribution in [-0.4, -0.2) is 35.6 Å². The fourth-order valence-electron chi connectivity index (χ4n) is 5.52. The zero-order chi connectivity index (χ0) is 24.2. The molecule has 3 aliphatic rings. The summed E-state index contributed by atoms with van der Waals surface area (Å²) in [7, 11) is 0. The second-order valence-corrected chi connectivity index (χ2v) is 10.1. The van der Waals surface area contributed by atoms with Gasteiger partial charge in [0, 0.05) is 35.8 Å². The summed E-state index contributed by atoms with van der Waals surface area (Å²) in [6.07, 6.45) is 9.45. The summed E-state index contributed by atoms with van der Waals surface area (Å²) in [4.78, 5) is 28.4. The van der Waals surface area contributed by atoms with Crippen molar-refractivity contribution in [2.24, 2.45) is 11.7 Å². The van der Waals surface area contributed by atoms with E-state index in [4.69, 9.17) is 15.2 Å². The molecule has 2 aromatic rings. The van der Waals surface area contributed by atoms with Crippen LogP contribution in [0.3, 0.4) is 0 Å². The lowest BCUT2D eigenvalue weighted by Crippen LogP contribution is -2.46. The Morgan fingerprint density at radius 3 is 2.34 bits per heavy atom. The number of hydrogen-bond donors (Lipinski definition) is 2. The molecular formula is C28H35N3O4. The molecule has 0 aromatic heterocycles. The van der Waals surface area contributed by atoms with Crippen molar-refractivity contribution in [1.29, 1.82) is 0 Å². The zero-order valence-corrected chi connectivity index (χ0v) is 20.2. The van der Waals surface area contributed by atoms with Crippen molar-refractivity contribution in [3.8, 4) is 11.5 Å². The Labute approximate surface area is 207 Å². The molecule has 2 aromatic carbocycles. The highest BCUT2D eigenvalue weighted by Crippen LogP contribution is 2.33. The number of benzene rings is 2. The summed E-state index contributed by atoms with van der Waals surface area (Å²) in [6.45, 7) is 0.779. The van der Waals surface area contributed by atoms with Crippen LogP contribution >= 0.6 is 0 Å². The van der Waals surface area contributed by atoms with Crippen LogP contribution in [0.4, 0.5) is 5.69 Å². The van der Waals surface area contributed by atoms with Gasteiger partial charge in [-0.05, 0) is 74.4 Å². The minimum Gasteiger partial charge on any atom is -0.454 e.